The zero-order valence-corrected chi connectivity index (χ0v) is 20.5. The number of nitrogens with zero attached hydrogens (tertiary/aromatic N) is 4. The number of likely N-dealkylation sites (tertiary alicyclic amines) is 1. The zero-order valence-electron chi connectivity index (χ0n) is 19.8. The lowest BCUT2D eigenvalue weighted by molar-refractivity contribution is -0.136. The van der Waals surface area contributed by atoms with Crippen molar-refractivity contribution in [2.75, 3.05) is 26.2 Å². The van der Waals surface area contributed by atoms with E-state index < -0.39 is 11.6 Å². The van der Waals surface area contributed by atoms with Gasteiger partial charge in [0, 0.05) is 49.1 Å². The van der Waals surface area contributed by atoms with E-state index in [9.17, 15) is 13.6 Å². The standard InChI is InChI=1S/C26H28ClF2N5O/c1-15-11-19(4-6-23(15)27)34-25(31-16(2)32-34)17-7-9-33(10-8-17)26(35)22-14-30-13-21(22)20-5-3-18(28)12-24(20)29/h3-6,11-12,17,21-22,30H,7-10,13-14H2,1-2H3. The molecule has 1 aromatic heterocycles. The van der Waals surface area contributed by atoms with Crippen molar-refractivity contribution in [1.29, 1.82) is 0 Å². The van der Waals surface area contributed by atoms with E-state index in [0.29, 0.717) is 42.6 Å². The van der Waals surface area contributed by atoms with E-state index in [1.54, 1.807) is 0 Å². The van der Waals surface area contributed by atoms with Crippen molar-refractivity contribution >= 4 is 17.5 Å². The van der Waals surface area contributed by atoms with Crippen molar-refractivity contribution in [3.05, 3.63) is 75.8 Å². The second-order valence-electron chi connectivity index (χ2n) is 9.50. The van der Waals surface area contributed by atoms with Gasteiger partial charge < -0.3 is 10.2 Å². The maximum Gasteiger partial charge on any atom is 0.227 e. The number of nitrogens with one attached hydrogen (secondary N) is 1. The fourth-order valence-corrected chi connectivity index (χ4v) is 5.42. The van der Waals surface area contributed by atoms with Gasteiger partial charge >= 0.3 is 0 Å². The van der Waals surface area contributed by atoms with Gasteiger partial charge in [-0.2, -0.15) is 5.10 Å². The third-order valence-corrected chi connectivity index (χ3v) is 7.61. The Morgan fingerprint density at radius 1 is 1.09 bits per heavy atom. The summed E-state index contributed by atoms with van der Waals surface area (Å²) in [4.78, 5) is 20.0. The number of benzene rings is 2. The summed E-state index contributed by atoms with van der Waals surface area (Å²) in [6, 6.07) is 9.41. The molecule has 1 N–H and O–H groups in total. The molecule has 2 saturated heterocycles. The molecule has 6 nitrogen and oxygen atoms in total. The molecule has 5 rings (SSSR count). The number of hydrogen-bond acceptors (Lipinski definition) is 4. The highest BCUT2D eigenvalue weighted by Gasteiger charge is 2.39. The quantitative estimate of drug-likeness (QED) is 0.573. The summed E-state index contributed by atoms with van der Waals surface area (Å²) in [7, 11) is 0. The molecule has 2 aliphatic rings. The van der Waals surface area contributed by atoms with Crippen LogP contribution in [-0.2, 0) is 4.79 Å². The molecule has 2 aliphatic heterocycles. The van der Waals surface area contributed by atoms with Crippen LogP contribution in [0, 0.1) is 31.4 Å². The van der Waals surface area contributed by atoms with E-state index in [4.69, 9.17) is 16.6 Å². The molecule has 0 spiro atoms. The lowest BCUT2D eigenvalue weighted by atomic mass is 9.86. The molecular weight excluding hydrogens is 472 g/mol. The third-order valence-electron chi connectivity index (χ3n) is 7.19. The van der Waals surface area contributed by atoms with Gasteiger partial charge in [0.25, 0.3) is 0 Å². The maximum absolute atomic E-state index is 14.4. The average molecular weight is 500 g/mol. The van der Waals surface area contributed by atoms with E-state index in [0.717, 1.165) is 36.0 Å². The van der Waals surface area contributed by atoms with Crippen molar-refractivity contribution in [2.45, 2.75) is 38.5 Å². The summed E-state index contributed by atoms with van der Waals surface area (Å²) in [5, 5.41) is 8.54. The van der Waals surface area contributed by atoms with Crippen LogP contribution >= 0.6 is 11.6 Å². The summed E-state index contributed by atoms with van der Waals surface area (Å²) in [5.74, 6) is -0.0932. The Hall–Kier alpha value is -2.84. The van der Waals surface area contributed by atoms with Gasteiger partial charge in [0.15, 0.2) is 0 Å². The lowest BCUT2D eigenvalue weighted by Crippen LogP contribution is -2.43. The number of aryl methyl sites for hydroxylation is 2. The predicted octanol–water partition coefficient (Wildman–Crippen LogP) is 4.52. The first kappa shape index (κ1) is 23.9. The Labute approximate surface area is 208 Å². The summed E-state index contributed by atoms with van der Waals surface area (Å²) in [6.07, 6.45) is 1.54. The number of aromatic nitrogens is 3. The van der Waals surface area contributed by atoms with Gasteiger partial charge in [0.1, 0.15) is 23.3 Å². The first-order chi connectivity index (χ1) is 16.8. The normalized spacial score (nSPS) is 21.0. The van der Waals surface area contributed by atoms with E-state index in [1.807, 2.05) is 41.6 Å². The molecule has 0 saturated carbocycles. The predicted molar refractivity (Wildman–Crippen MR) is 130 cm³/mol. The van der Waals surface area contributed by atoms with E-state index >= 15 is 0 Å². The van der Waals surface area contributed by atoms with Crippen molar-refractivity contribution in [1.82, 2.24) is 25.0 Å². The summed E-state index contributed by atoms with van der Waals surface area (Å²) >= 11 is 6.20. The molecule has 1 amide bonds. The van der Waals surface area contributed by atoms with Crippen LogP contribution in [0.2, 0.25) is 5.02 Å². The number of piperidine rings is 1. The Morgan fingerprint density at radius 3 is 2.57 bits per heavy atom. The smallest absolute Gasteiger partial charge is 0.227 e. The van der Waals surface area contributed by atoms with Crippen LogP contribution in [0.3, 0.4) is 0 Å². The molecule has 0 bridgehead atoms. The SMILES string of the molecule is Cc1nc(C2CCN(C(=O)C3CNCC3c3ccc(F)cc3F)CC2)n(-c2ccc(Cl)c(C)c2)n1. The van der Waals surface area contributed by atoms with Gasteiger partial charge in [-0.25, -0.2) is 18.4 Å². The summed E-state index contributed by atoms with van der Waals surface area (Å²) in [5.41, 5.74) is 2.29. The van der Waals surface area contributed by atoms with E-state index in [1.165, 1.54) is 12.1 Å². The average Bonchev–Trinajstić information content (AvgIpc) is 3.47. The molecule has 0 radical (unpaired) electrons. The van der Waals surface area contributed by atoms with Crippen LogP contribution in [0.15, 0.2) is 36.4 Å². The minimum absolute atomic E-state index is 0.0214. The number of rotatable bonds is 4. The van der Waals surface area contributed by atoms with Crippen LogP contribution in [-0.4, -0.2) is 51.8 Å². The number of amides is 1. The highest BCUT2D eigenvalue weighted by molar-refractivity contribution is 6.31. The second kappa shape index (κ2) is 9.66. The molecule has 2 fully saturated rings. The Bertz CT molecular complexity index is 1250. The molecule has 0 aliphatic carbocycles. The number of halogens is 3. The topological polar surface area (TPSA) is 63.1 Å². The van der Waals surface area contributed by atoms with Gasteiger partial charge in [0.2, 0.25) is 5.91 Å². The Kier molecular flexibility index (Phi) is 6.59. The molecule has 2 atom stereocenters. The summed E-state index contributed by atoms with van der Waals surface area (Å²) in [6.45, 7) is 6.03. The fraction of sp³-hybridized carbons (Fsp3) is 0.423. The van der Waals surface area contributed by atoms with Gasteiger partial charge in [-0.05, 0) is 62.1 Å². The van der Waals surface area contributed by atoms with Gasteiger partial charge in [0.05, 0.1) is 11.6 Å². The maximum atomic E-state index is 14.4. The number of hydrogen-bond donors (Lipinski definition) is 1. The van der Waals surface area contributed by atoms with Gasteiger partial charge in [-0.3, -0.25) is 4.79 Å². The highest BCUT2D eigenvalue weighted by Crippen LogP contribution is 2.34. The van der Waals surface area contributed by atoms with Gasteiger partial charge in [-0.15, -0.1) is 0 Å². The first-order valence-corrected chi connectivity index (χ1v) is 12.3. The molecule has 3 aromatic rings. The van der Waals surface area contributed by atoms with Crippen molar-refractivity contribution < 1.29 is 13.6 Å². The van der Waals surface area contributed by atoms with Crippen LogP contribution in [0.25, 0.3) is 5.69 Å². The summed E-state index contributed by atoms with van der Waals surface area (Å²) < 4.78 is 29.7. The first-order valence-electron chi connectivity index (χ1n) is 12.0. The highest BCUT2D eigenvalue weighted by atomic mass is 35.5. The zero-order chi connectivity index (χ0) is 24.7. The van der Waals surface area contributed by atoms with Crippen LogP contribution < -0.4 is 5.32 Å². The van der Waals surface area contributed by atoms with Crippen LogP contribution in [0.4, 0.5) is 8.78 Å². The minimum atomic E-state index is -0.612. The lowest BCUT2D eigenvalue weighted by Gasteiger charge is -2.34. The monoisotopic (exact) mass is 499 g/mol. The fourth-order valence-electron chi connectivity index (χ4n) is 5.31. The minimum Gasteiger partial charge on any atom is -0.342 e. The van der Waals surface area contributed by atoms with Crippen LogP contribution in [0.1, 0.15) is 47.5 Å². The molecule has 3 heterocycles. The van der Waals surface area contributed by atoms with Crippen LogP contribution in [0.5, 0.6) is 0 Å². The van der Waals surface area contributed by atoms with E-state index in [-0.39, 0.29) is 23.7 Å². The largest absolute Gasteiger partial charge is 0.342 e. The number of carbonyl (C=O) groups is 1. The van der Waals surface area contributed by atoms with Crippen molar-refractivity contribution in [3.63, 3.8) is 0 Å². The third kappa shape index (κ3) is 4.69. The molecule has 35 heavy (non-hydrogen) atoms. The Balaban J connectivity index is 1.29. The second-order valence-corrected chi connectivity index (χ2v) is 9.91. The molecule has 184 valence electrons. The number of carbonyl (C=O) groups excluding carboxylic acids is 1. The molecule has 9 heteroatoms. The molecular formula is C26H28ClF2N5O. The molecule has 2 unspecified atom stereocenters. The Morgan fingerprint density at radius 2 is 1.86 bits per heavy atom. The molecule has 2 aromatic carbocycles. The van der Waals surface area contributed by atoms with Crippen molar-refractivity contribution in [3.8, 4) is 5.69 Å². The van der Waals surface area contributed by atoms with Crippen molar-refractivity contribution in [2.24, 2.45) is 5.92 Å². The van der Waals surface area contributed by atoms with E-state index in [2.05, 4.69) is 10.4 Å². The van der Waals surface area contributed by atoms with Gasteiger partial charge in [-0.1, -0.05) is 17.7 Å².